The van der Waals surface area contributed by atoms with Gasteiger partial charge in [-0.1, -0.05) is 6.92 Å². The first kappa shape index (κ1) is 12.8. The number of nitrogens with zero attached hydrogens (tertiary/aromatic N) is 1. The quantitative estimate of drug-likeness (QED) is 0.903. The van der Waals surface area contributed by atoms with Crippen molar-refractivity contribution in [3.8, 4) is 0 Å². The molecule has 1 atom stereocenters. The molecule has 1 aliphatic rings. The van der Waals surface area contributed by atoms with E-state index in [9.17, 15) is 4.39 Å². The molecule has 1 aromatic rings. The minimum atomic E-state index is -0.183. The Morgan fingerprint density at radius 3 is 3.00 bits per heavy atom. The summed E-state index contributed by atoms with van der Waals surface area (Å²) in [5, 5.41) is 3.47. The molecule has 1 fully saturated rings. The zero-order valence-electron chi connectivity index (χ0n) is 10.3. The van der Waals surface area contributed by atoms with Crippen LogP contribution in [-0.4, -0.2) is 25.7 Å². The topological polar surface area (TPSA) is 15.3 Å². The van der Waals surface area contributed by atoms with Crippen molar-refractivity contribution in [2.75, 3.05) is 24.5 Å². The third-order valence-electron chi connectivity index (χ3n) is 3.33. The van der Waals surface area contributed by atoms with Crippen molar-refractivity contribution in [2.24, 2.45) is 0 Å². The average Bonchev–Trinajstić information content (AvgIpc) is 2.34. The van der Waals surface area contributed by atoms with Gasteiger partial charge in [0, 0.05) is 31.4 Å². The van der Waals surface area contributed by atoms with Crippen LogP contribution in [0.2, 0.25) is 0 Å². The highest BCUT2D eigenvalue weighted by Gasteiger charge is 2.20. The SMILES string of the molecule is CCC1CN(c2cc(F)c(Br)cc2C)CCN1. The number of hydrogen-bond acceptors (Lipinski definition) is 2. The number of hydrogen-bond donors (Lipinski definition) is 1. The third kappa shape index (κ3) is 2.80. The van der Waals surface area contributed by atoms with Gasteiger partial charge in [-0.25, -0.2) is 4.39 Å². The van der Waals surface area contributed by atoms with E-state index in [0.717, 1.165) is 37.3 Å². The van der Waals surface area contributed by atoms with Gasteiger partial charge in [0.1, 0.15) is 5.82 Å². The molecule has 0 aromatic heterocycles. The maximum Gasteiger partial charge on any atom is 0.139 e. The molecule has 1 unspecified atom stereocenters. The lowest BCUT2D eigenvalue weighted by atomic mass is 10.1. The molecule has 1 aliphatic heterocycles. The number of rotatable bonds is 2. The molecule has 17 heavy (non-hydrogen) atoms. The number of benzene rings is 1. The molecular formula is C13H18BrFN2. The van der Waals surface area contributed by atoms with Crippen LogP contribution in [0, 0.1) is 12.7 Å². The standard InChI is InChI=1S/C13H18BrFN2/c1-3-10-8-17(5-4-16-10)13-7-12(15)11(14)6-9(13)2/h6-7,10,16H,3-5,8H2,1-2H3. The van der Waals surface area contributed by atoms with Gasteiger partial charge in [-0.2, -0.15) is 0 Å². The van der Waals surface area contributed by atoms with E-state index >= 15 is 0 Å². The van der Waals surface area contributed by atoms with Gasteiger partial charge in [0.15, 0.2) is 0 Å². The summed E-state index contributed by atoms with van der Waals surface area (Å²) >= 11 is 3.22. The zero-order valence-corrected chi connectivity index (χ0v) is 11.8. The van der Waals surface area contributed by atoms with Gasteiger partial charge in [-0.3, -0.25) is 0 Å². The predicted molar refractivity (Wildman–Crippen MR) is 73.1 cm³/mol. The number of piperazine rings is 1. The zero-order chi connectivity index (χ0) is 12.4. The summed E-state index contributed by atoms with van der Waals surface area (Å²) in [5.41, 5.74) is 2.14. The first-order valence-electron chi connectivity index (χ1n) is 6.05. The Morgan fingerprint density at radius 1 is 1.53 bits per heavy atom. The lowest BCUT2D eigenvalue weighted by molar-refractivity contribution is 0.446. The molecule has 0 bridgehead atoms. The molecule has 2 nitrogen and oxygen atoms in total. The van der Waals surface area contributed by atoms with E-state index in [1.165, 1.54) is 0 Å². The number of aryl methyl sites for hydroxylation is 1. The molecule has 0 aliphatic carbocycles. The Hall–Kier alpha value is -0.610. The molecule has 1 saturated heterocycles. The van der Waals surface area contributed by atoms with E-state index in [4.69, 9.17) is 0 Å². The summed E-state index contributed by atoms with van der Waals surface area (Å²) in [7, 11) is 0. The van der Waals surface area contributed by atoms with Crippen molar-refractivity contribution in [2.45, 2.75) is 26.3 Å². The fourth-order valence-corrected chi connectivity index (χ4v) is 2.75. The van der Waals surface area contributed by atoms with Gasteiger partial charge < -0.3 is 10.2 Å². The molecule has 0 spiro atoms. The summed E-state index contributed by atoms with van der Waals surface area (Å²) in [6.07, 6.45) is 1.11. The van der Waals surface area contributed by atoms with Crippen molar-refractivity contribution in [1.29, 1.82) is 0 Å². The van der Waals surface area contributed by atoms with Crippen molar-refractivity contribution < 1.29 is 4.39 Å². The smallest absolute Gasteiger partial charge is 0.139 e. The fourth-order valence-electron chi connectivity index (χ4n) is 2.29. The summed E-state index contributed by atoms with van der Waals surface area (Å²) in [4.78, 5) is 2.27. The second kappa shape index (κ2) is 5.36. The summed E-state index contributed by atoms with van der Waals surface area (Å²) < 4.78 is 14.1. The molecule has 94 valence electrons. The highest BCUT2D eigenvalue weighted by molar-refractivity contribution is 9.10. The summed E-state index contributed by atoms with van der Waals surface area (Å²) in [6.45, 7) is 7.07. The minimum Gasteiger partial charge on any atom is -0.368 e. The molecule has 1 N–H and O–H groups in total. The molecule has 1 heterocycles. The van der Waals surface area contributed by atoms with Crippen molar-refractivity contribution in [3.05, 3.63) is 28.0 Å². The third-order valence-corrected chi connectivity index (χ3v) is 3.94. The highest BCUT2D eigenvalue weighted by Crippen LogP contribution is 2.27. The first-order chi connectivity index (χ1) is 8.11. The largest absolute Gasteiger partial charge is 0.368 e. The number of halogens is 2. The fraction of sp³-hybridized carbons (Fsp3) is 0.538. The number of nitrogens with one attached hydrogen (secondary N) is 1. The van der Waals surface area contributed by atoms with Crippen LogP contribution in [0.15, 0.2) is 16.6 Å². The van der Waals surface area contributed by atoms with Crippen LogP contribution >= 0.6 is 15.9 Å². The highest BCUT2D eigenvalue weighted by atomic mass is 79.9. The normalized spacial score (nSPS) is 20.7. The second-order valence-corrected chi connectivity index (χ2v) is 5.41. The van der Waals surface area contributed by atoms with Crippen LogP contribution in [0.25, 0.3) is 0 Å². The first-order valence-corrected chi connectivity index (χ1v) is 6.85. The van der Waals surface area contributed by atoms with Gasteiger partial charge in [0.2, 0.25) is 0 Å². The van der Waals surface area contributed by atoms with Crippen molar-refractivity contribution >= 4 is 21.6 Å². The van der Waals surface area contributed by atoms with E-state index in [-0.39, 0.29) is 5.82 Å². The molecule has 0 amide bonds. The second-order valence-electron chi connectivity index (χ2n) is 4.56. The van der Waals surface area contributed by atoms with Crippen molar-refractivity contribution in [3.63, 3.8) is 0 Å². The monoisotopic (exact) mass is 300 g/mol. The van der Waals surface area contributed by atoms with Crippen LogP contribution in [0.5, 0.6) is 0 Å². The van der Waals surface area contributed by atoms with Gasteiger partial charge in [-0.15, -0.1) is 0 Å². The van der Waals surface area contributed by atoms with E-state index in [1.54, 1.807) is 6.07 Å². The van der Waals surface area contributed by atoms with Crippen LogP contribution in [-0.2, 0) is 0 Å². The lowest BCUT2D eigenvalue weighted by Gasteiger charge is -2.35. The Kier molecular flexibility index (Phi) is 4.05. The molecule has 2 rings (SSSR count). The average molecular weight is 301 g/mol. The van der Waals surface area contributed by atoms with Crippen LogP contribution < -0.4 is 10.2 Å². The molecule has 1 aromatic carbocycles. The van der Waals surface area contributed by atoms with Gasteiger partial charge in [0.25, 0.3) is 0 Å². The van der Waals surface area contributed by atoms with Gasteiger partial charge in [0.05, 0.1) is 4.47 Å². The molecular weight excluding hydrogens is 283 g/mol. The summed E-state index contributed by atoms with van der Waals surface area (Å²) in [5.74, 6) is -0.183. The van der Waals surface area contributed by atoms with Crippen molar-refractivity contribution in [1.82, 2.24) is 5.32 Å². The molecule has 0 radical (unpaired) electrons. The van der Waals surface area contributed by atoms with Gasteiger partial charge in [-0.05, 0) is 47.0 Å². The Morgan fingerprint density at radius 2 is 2.29 bits per heavy atom. The maximum absolute atomic E-state index is 13.6. The maximum atomic E-state index is 13.6. The number of anilines is 1. The van der Waals surface area contributed by atoms with Crippen LogP contribution in [0.1, 0.15) is 18.9 Å². The summed E-state index contributed by atoms with van der Waals surface area (Å²) in [6, 6.07) is 4.00. The van der Waals surface area contributed by atoms with Crippen LogP contribution in [0.3, 0.4) is 0 Å². The molecule has 0 saturated carbocycles. The van der Waals surface area contributed by atoms with Gasteiger partial charge >= 0.3 is 0 Å². The Bertz CT molecular complexity index is 409. The van der Waals surface area contributed by atoms with E-state index in [1.807, 2.05) is 13.0 Å². The predicted octanol–water partition coefficient (Wildman–Crippen LogP) is 3.08. The van der Waals surface area contributed by atoms with E-state index in [0.29, 0.717) is 10.5 Å². The van der Waals surface area contributed by atoms with E-state index in [2.05, 4.69) is 33.1 Å². The van der Waals surface area contributed by atoms with Crippen LogP contribution in [0.4, 0.5) is 10.1 Å². The Labute approximate surface area is 110 Å². The molecule has 4 heteroatoms. The lowest BCUT2D eigenvalue weighted by Crippen LogP contribution is -2.50. The Balaban J connectivity index is 2.24. The minimum absolute atomic E-state index is 0.183. The van der Waals surface area contributed by atoms with E-state index < -0.39 is 0 Å².